The van der Waals surface area contributed by atoms with E-state index in [1.54, 1.807) is 0 Å². The van der Waals surface area contributed by atoms with E-state index in [9.17, 15) is 18.0 Å². The first-order valence-corrected chi connectivity index (χ1v) is 6.00. The van der Waals surface area contributed by atoms with Gasteiger partial charge in [-0.3, -0.25) is 4.79 Å². The Balaban J connectivity index is 2.15. The molecule has 0 aromatic carbocycles. The second-order valence-corrected chi connectivity index (χ2v) is 4.83. The molecule has 1 aliphatic rings. The fourth-order valence-electron chi connectivity index (χ4n) is 1.36. The molecule has 2 atom stereocenters. The van der Waals surface area contributed by atoms with Gasteiger partial charge in [-0.05, 0) is 13.3 Å². The highest BCUT2D eigenvalue weighted by molar-refractivity contribution is 8.00. The second-order valence-electron chi connectivity index (χ2n) is 3.61. The van der Waals surface area contributed by atoms with E-state index in [0.29, 0.717) is 6.61 Å². The van der Waals surface area contributed by atoms with Crippen molar-refractivity contribution in [1.82, 2.24) is 5.32 Å². The lowest BCUT2D eigenvalue weighted by Crippen LogP contribution is -2.35. The molecule has 0 aromatic heterocycles. The number of rotatable bonds is 4. The minimum absolute atomic E-state index is 0.0500. The van der Waals surface area contributed by atoms with E-state index >= 15 is 0 Å². The van der Waals surface area contributed by atoms with Crippen molar-refractivity contribution in [3.8, 4) is 0 Å². The molecule has 0 spiro atoms. The zero-order valence-electron chi connectivity index (χ0n) is 8.84. The van der Waals surface area contributed by atoms with E-state index in [1.807, 2.05) is 12.2 Å². The average Bonchev–Trinajstić information content (AvgIpc) is 2.57. The Bertz CT molecular complexity index is 247. The van der Waals surface area contributed by atoms with E-state index in [4.69, 9.17) is 4.74 Å². The van der Waals surface area contributed by atoms with Crippen molar-refractivity contribution in [2.75, 3.05) is 18.9 Å². The lowest BCUT2D eigenvalue weighted by atomic mass is 10.3. The maximum atomic E-state index is 11.8. The molecule has 16 heavy (non-hydrogen) atoms. The summed E-state index contributed by atoms with van der Waals surface area (Å²) in [5, 5.41) is 2.04. The first kappa shape index (κ1) is 13.6. The lowest BCUT2D eigenvalue weighted by molar-refractivity contribution is -0.136. The molecule has 1 amide bonds. The smallest absolute Gasteiger partial charge is 0.377 e. The van der Waals surface area contributed by atoms with Gasteiger partial charge in [0.25, 0.3) is 0 Å². The predicted molar refractivity (Wildman–Crippen MR) is 55.3 cm³/mol. The van der Waals surface area contributed by atoms with Crippen molar-refractivity contribution in [2.45, 2.75) is 30.9 Å². The first-order chi connectivity index (χ1) is 7.38. The molecular weight excluding hydrogens is 243 g/mol. The largest absolute Gasteiger partial charge is 0.405 e. The van der Waals surface area contributed by atoms with Crippen LogP contribution in [0.25, 0.3) is 0 Å². The Morgan fingerprint density at radius 1 is 1.56 bits per heavy atom. The van der Waals surface area contributed by atoms with Crippen LogP contribution in [0.3, 0.4) is 0 Å². The van der Waals surface area contributed by atoms with Gasteiger partial charge in [-0.1, -0.05) is 0 Å². The molecule has 0 radical (unpaired) electrons. The number of halogens is 3. The highest BCUT2D eigenvalue weighted by atomic mass is 32.2. The predicted octanol–water partition coefficient (Wildman–Crippen LogP) is 1.58. The summed E-state index contributed by atoms with van der Waals surface area (Å²) in [6.07, 6.45) is -3.43. The van der Waals surface area contributed by atoms with Gasteiger partial charge in [0.15, 0.2) is 0 Å². The Morgan fingerprint density at radius 3 is 2.75 bits per heavy atom. The zero-order valence-corrected chi connectivity index (χ0v) is 9.66. The molecule has 1 saturated heterocycles. The van der Waals surface area contributed by atoms with Gasteiger partial charge in [0.2, 0.25) is 5.91 Å². The molecule has 3 nitrogen and oxygen atoms in total. The summed E-state index contributed by atoms with van der Waals surface area (Å²) in [7, 11) is 0. The van der Waals surface area contributed by atoms with Crippen molar-refractivity contribution in [1.29, 1.82) is 0 Å². The number of hydrogen-bond acceptors (Lipinski definition) is 3. The molecule has 0 unspecified atom stereocenters. The average molecular weight is 257 g/mol. The van der Waals surface area contributed by atoms with Gasteiger partial charge in [0.05, 0.1) is 11.9 Å². The minimum Gasteiger partial charge on any atom is -0.377 e. The SMILES string of the molecule is C[C@@H]1OCC[C@H]1SCC(=O)NCC(F)(F)F. The number of carbonyl (C=O) groups excluding carboxylic acids is 1. The third kappa shape index (κ3) is 5.07. The summed E-state index contributed by atoms with van der Waals surface area (Å²) in [5.41, 5.74) is 0. The molecule has 7 heteroatoms. The molecular formula is C9H14F3NO2S. The lowest BCUT2D eigenvalue weighted by Gasteiger charge is -2.13. The summed E-state index contributed by atoms with van der Waals surface area (Å²) in [5.74, 6) is -0.532. The molecule has 1 aliphatic heterocycles. The van der Waals surface area contributed by atoms with Crippen LogP contribution in [-0.4, -0.2) is 42.3 Å². The fraction of sp³-hybridized carbons (Fsp3) is 0.889. The van der Waals surface area contributed by atoms with Crippen molar-refractivity contribution in [3.63, 3.8) is 0 Å². The van der Waals surface area contributed by atoms with Gasteiger partial charge < -0.3 is 10.1 Å². The standard InChI is InChI=1S/C9H14F3NO2S/c1-6-7(2-3-15-6)16-4-8(14)13-5-9(10,11)12/h6-7H,2-5H2,1H3,(H,13,14)/t6-,7+/m0/s1. The maximum absolute atomic E-state index is 11.8. The highest BCUT2D eigenvalue weighted by Crippen LogP contribution is 2.25. The molecule has 1 N–H and O–H groups in total. The Hall–Kier alpha value is -0.430. The summed E-state index contributed by atoms with van der Waals surface area (Å²) in [4.78, 5) is 11.1. The summed E-state index contributed by atoms with van der Waals surface area (Å²) in [6.45, 7) is 1.30. The van der Waals surface area contributed by atoms with Crippen molar-refractivity contribution < 1.29 is 22.7 Å². The van der Waals surface area contributed by atoms with Crippen molar-refractivity contribution in [2.24, 2.45) is 0 Å². The molecule has 1 fully saturated rings. The molecule has 0 saturated carbocycles. The van der Waals surface area contributed by atoms with Gasteiger partial charge in [0.1, 0.15) is 6.54 Å². The van der Waals surface area contributed by atoms with Crippen LogP contribution in [0.15, 0.2) is 0 Å². The van der Waals surface area contributed by atoms with Crippen molar-refractivity contribution in [3.05, 3.63) is 0 Å². The first-order valence-electron chi connectivity index (χ1n) is 4.95. The summed E-state index contributed by atoms with van der Waals surface area (Å²) < 4.78 is 40.6. The number of carbonyl (C=O) groups is 1. The zero-order chi connectivity index (χ0) is 12.2. The summed E-state index contributed by atoms with van der Waals surface area (Å²) in [6, 6.07) is 0. The summed E-state index contributed by atoms with van der Waals surface area (Å²) >= 11 is 1.35. The van der Waals surface area contributed by atoms with Crippen LogP contribution in [0.5, 0.6) is 0 Å². The maximum Gasteiger partial charge on any atom is 0.405 e. The van der Waals surface area contributed by atoms with E-state index in [1.165, 1.54) is 11.8 Å². The monoisotopic (exact) mass is 257 g/mol. The molecule has 1 rings (SSSR count). The van der Waals surface area contributed by atoms with E-state index in [0.717, 1.165) is 6.42 Å². The molecule has 0 aliphatic carbocycles. The normalized spacial score (nSPS) is 25.8. The van der Waals surface area contributed by atoms with Gasteiger partial charge in [-0.25, -0.2) is 0 Å². The van der Waals surface area contributed by atoms with Gasteiger partial charge >= 0.3 is 6.18 Å². The highest BCUT2D eigenvalue weighted by Gasteiger charge is 2.29. The number of ether oxygens (including phenoxy) is 1. The molecule has 0 bridgehead atoms. The van der Waals surface area contributed by atoms with E-state index < -0.39 is 18.6 Å². The van der Waals surface area contributed by atoms with Crippen LogP contribution in [0.4, 0.5) is 13.2 Å². The van der Waals surface area contributed by atoms with Gasteiger partial charge in [-0.2, -0.15) is 13.2 Å². The number of nitrogens with one attached hydrogen (secondary N) is 1. The van der Waals surface area contributed by atoms with Gasteiger partial charge in [0, 0.05) is 11.9 Å². The molecule has 94 valence electrons. The Morgan fingerprint density at radius 2 is 2.25 bits per heavy atom. The Kier molecular flexibility index (Phi) is 4.91. The van der Waals surface area contributed by atoms with Gasteiger partial charge in [-0.15, -0.1) is 11.8 Å². The topological polar surface area (TPSA) is 38.3 Å². The van der Waals surface area contributed by atoms with Crippen LogP contribution >= 0.6 is 11.8 Å². The minimum atomic E-state index is -4.34. The Labute approximate surface area is 96.1 Å². The van der Waals surface area contributed by atoms with Crippen LogP contribution in [-0.2, 0) is 9.53 Å². The molecule has 0 aromatic rings. The fourth-order valence-corrected chi connectivity index (χ4v) is 2.44. The van der Waals surface area contributed by atoms with Crippen LogP contribution < -0.4 is 5.32 Å². The third-order valence-electron chi connectivity index (χ3n) is 2.22. The van der Waals surface area contributed by atoms with E-state index in [-0.39, 0.29) is 17.1 Å². The second kappa shape index (κ2) is 5.77. The molecule has 1 heterocycles. The number of hydrogen-bond donors (Lipinski definition) is 1. The number of amides is 1. The quantitative estimate of drug-likeness (QED) is 0.831. The van der Waals surface area contributed by atoms with Crippen molar-refractivity contribution >= 4 is 17.7 Å². The van der Waals surface area contributed by atoms with Crippen LogP contribution in [0.2, 0.25) is 0 Å². The van der Waals surface area contributed by atoms with Crippen LogP contribution in [0, 0.1) is 0 Å². The third-order valence-corrected chi connectivity index (χ3v) is 3.70. The van der Waals surface area contributed by atoms with E-state index in [2.05, 4.69) is 0 Å². The number of thioether (sulfide) groups is 1. The number of alkyl halides is 3. The van der Waals surface area contributed by atoms with Crippen LogP contribution in [0.1, 0.15) is 13.3 Å².